The van der Waals surface area contributed by atoms with E-state index in [4.69, 9.17) is 9.97 Å². The molecule has 0 aliphatic heterocycles. The molecule has 0 bridgehead atoms. The minimum atomic E-state index is -0.0256. The first-order chi connectivity index (χ1) is 27.4. The molecule has 1 aliphatic carbocycles. The Balaban J connectivity index is 0.000000147. The number of nitrogens with one attached hydrogen (secondary N) is 4. The van der Waals surface area contributed by atoms with Crippen molar-refractivity contribution < 1.29 is 9.90 Å². The van der Waals surface area contributed by atoms with E-state index in [0.29, 0.717) is 35.5 Å². The fourth-order valence-electron chi connectivity index (χ4n) is 6.87. The zero-order chi connectivity index (χ0) is 38.2. The minimum absolute atomic E-state index is 0.0125. The van der Waals surface area contributed by atoms with Gasteiger partial charge in [-0.3, -0.25) is 18.7 Å². The average Bonchev–Trinajstić information content (AvgIpc) is 3.56. The predicted octanol–water partition coefficient (Wildman–Crippen LogP) is 7.34. The van der Waals surface area contributed by atoms with Crippen LogP contribution in [0.15, 0.2) is 110 Å². The van der Waals surface area contributed by atoms with Crippen LogP contribution in [0.2, 0.25) is 0 Å². The number of H-pyrrole nitrogens is 1. The highest BCUT2D eigenvalue weighted by atomic mass is 16.3. The molecule has 0 radical (unpaired) electrons. The number of hydrogen-bond donors (Lipinski definition) is 5. The quantitative estimate of drug-likeness (QED) is 0.0965. The van der Waals surface area contributed by atoms with Crippen LogP contribution in [0, 0.1) is 5.92 Å². The SMILES string of the molecule is CC(C)CNc1nc2ccccc2n2c(-c3ccc4[nH]ncc4c3)cnc12.O=C(NC1CC1)c1ccc(-c2cnc3c(NCCO)nc4ccccc4n23)cc1. The number of hydrogen-bond acceptors (Lipinski definition) is 9. The molecule has 4 aromatic carbocycles. The first-order valence-corrected chi connectivity index (χ1v) is 18.9. The molecule has 0 unspecified atom stereocenters. The topological polar surface area (TPSA) is 162 Å². The number of carbonyl (C=O) groups is 1. The molecule has 13 nitrogen and oxygen atoms in total. The summed E-state index contributed by atoms with van der Waals surface area (Å²) in [5.41, 5.74) is 11.0. The van der Waals surface area contributed by atoms with Crippen LogP contribution in [0.3, 0.4) is 0 Å². The summed E-state index contributed by atoms with van der Waals surface area (Å²) >= 11 is 0. The van der Waals surface area contributed by atoms with Crippen molar-refractivity contribution in [3.05, 3.63) is 115 Å². The van der Waals surface area contributed by atoms with Crippen molar-refractivity contribution in [3.63, 3.8) is 0 Å². The monoisotopic (exact) mass is 743 g/mol. The summed E-state index contributed by atoms with van der Waals surface area (Å²) in [7, 11) is 0. The highest BCUT2D eigenvalue weighted by Crippen LogP contribution is 2.31. The number of fused-ring (bicyclic) bond motifs is 7. The van der Waals surface area contributed by atoms with E-state index in [1.54, 1.807) is 0 Å². The fourth-order valence-corrected chi connectivity index (χ4v) is 6.87. The van der Waals surface area contributed by atoms with Crippen molar-refractivity contribution in [2.75, 3.05) is 30.3 Å². The van der Waals surface area contributed by atoms with Gasteiger partial charge in [0.15, 0.2) is 22.9 Å². The Bertz CT molecular complexity index is 2850. The summed E-state index contributed by atoms with van der Waals surface area (Å²) in [6.45, 7) is 5.63. The number of aliphatic hydroxyl groups is 1. The second-order valence-electron chi connectivity index (χ2n) is 14.4. The number of benzene rings is 4. The molecule has 5 N–H and O–H groups in total. The number of anilines is 2. The third kappa shape index (κ3) is 6.73. The second-order valence-corrected chi connectivity index (χ2v) is 14.4. The van der Waals surface area contributed by atoms with Crippen LogP contribution in [0.5, 0.6) is 0 Å². The normalized spacial score (nSPS) is 12.8. The van der Waals surface area contributed by atoms with Gasteiger partial charge in [-0.05, 0) is 67.3 Å². The number of amides is 1. The lowest BCUT2D eigenvalue weighted by atomic mass is 10.1. The molecule has 5 heterocycles. The number of imidazole rings is 2. The van der Waals surface area contributed by atoms with Crippen molar-refractivity contribution in [1.82, 2.24) is 44.3 Å². The summed E-state index contributed by atoms with van der Waals surface area (Å²) in [5, 5.41) is 27.0. The van der Waals surface area contributed by atoms with Crippen LogP contribution >= 0.6 is 0 Å². The molecule has 10 rings (SSSR count). The molecule has 0 saturated heterocycles. The molecule has 5 aromatic heterocycles. The Labute approximate surface area is 321 Å². The average molecular weight is 744 g/mol. The zero-order valence-electron chi connectivity index (χ0n) is 31.1. The van der Waals surface area contributed by atoms with Gasteiger partial charge < -0.3 is 21.1 Å². The smallest absolute Gasteiger partial charge is 0.251 e. The van der Waals surface area contributed by atoms with Gasteiger partial charge in [0.2, 0.25) is 0 Å². The molecule has 13 heteroatoms. The van der Waals surface area contributed by atoms with E-state index >= 15 is 0 Å². The first kappa shape index (κ1) is 34.9. The number of aromatic amines is 1. The predicted molar refractivity (Wildman–Crippen MR) is 221 cm³/mol. The number of carbonyl (C=O) groups excluding carboxylic acids is 1. The molecule has 9 aromatic rings. The van der Waals surface area contributed by atoms with Crippen molar-refractivity contribution in [2.45, 2.75) is 32.7 Å². The van der Waals surface area contributed by atoms with Crippen LogP contribution in [0.4, 0.5) is 11.6 Å². The summed E-state index contributed by atoms with van der Waals surface area (Å²) in [5.74, 6) is 1.95. The molecule has 1 amide bonds. The molecule has 1 fully saturated rings. The van der Waals surface area contributed by atoms with Crippen molar-refractivity contribution >= 4 is 61.8 Å². The molecule has 1 aliphatic rings. The van der Waals surface area contributed by atoms with Gasteiger partial charge in [0.1, 0.15) is 0 Å². The van der Waals surface area contributed by atoms with Gasteiger partial charge in [-0.1, -0.05) is 56.3 Å². The van der Waals surface area contributed by atoms with Crippen molar-refractivity contribution in [2.24, 2.45) is 5.92 Å². The minimum Gasteiger partial charge on any atom is -0.395 e. The van der Waals surface area contributed by atoms with Crippen LogP contribution < -0.4 is 16.0 Å². The Morgan fingerprint density at radius 2 is 1.39 bits per heavy atom. The van der Waals surface area contributed by atoms with E-state index in [-0.39, 0.29) is 12.5 Å². The third-order valence-corrected chi connectivity index (χ3v) is 9.83. The van der Waals surface area contributed by atoms with Gasteiger partial charge in [0.05, 0.1) is 64.2 Å². The maximum atomic E-state index is 12.3. The van der Waals surface area contributed by atoms with Gasteiger partial charge in [-0.2, -0.15) is 5.10 Å². The summed E-state index contributed by atoms with van der Waals surface area (Å²) in [6.07, 6.45) is 7.72. The van der Waals surface area contributed by atoms with Gasteiger partial charge in [-0.15, -0.1) is 0 Å². The summed E-state index contributed by atoms with van der Waals surface area (Å²) in [6, 6.07) is 30.3. The Hall–Kier alpha value is -6.86. The number of aromatic nitrogens is 8. The van der Waals surface area contributed by atoms with E-state index in [1.807, 2.05) is 85.3 Å². The number of nitrogens with zero attached hydrogens (tertiary/aromatic N) is 7. The largest absolute Gasteiger partial charge is 0.395 e. The summed E-state index contributed by atoms with van der Waals surface area (Å²) < 4.78 is 4.24. The van der Waals surface area contributed by atoms with Crippen LogP contribution in [0.25, 0.3) is 66.8 Å². The van der Waals surface area contributed by atoms with Gasteiger partial charge in [0.25, 0.3) is 5.91 Å². The Kier molecular flexibility index (Phi) is 9.19. The molecule has 0 spiro atoms. The molecule has 0 atom stereocenters. The van der Waals surface area contributed by atoms with E-state index in [9.17, 15) is 9.90 Å². The van der Waals surface area contributed by atoms with Crippen LogP contribution in [0.1, 0.15) is 37.0 Å². The van der Waals surface area contributed by atoms with Gasteiger partial charge in [0, 0.05) is 41.2 Å². The molecular formula is C43H41N11O2. The fraction of sp³-hybridized carbons (Fsp3) is 0.209. The number of rotatable bonds is 10. The Morgan fingerprint density at radius 1 is 0.786 bits per heavy atom. The molecule has 56 heavy (non-hydrogen) atoms. The third-order valence-electron chi connectivity index (χ3n) is 9.83. The van der Waals surface area contributed by atoms with Crippen LogP contribution in [-0.2, 0) is 0 Å². The maximum Gasteiger partial charge on any atom is 0.251 e. The standard InChI is InChI=1S/C22H21N5O2.C21H20N6/c28-12-11-23-20-21-24-13-19(27(21)18-4-2-1-3-17(18)26-20)14-5-7-15(8-6-14)22(29)25-16-9-10-16;1-13(2)10-22-20-21-23-12-19(14-7-8-16-15(9-14)11-24-26-16)27(21)18-6-4-3-5-17(18)25-20/h1-8,13,16,28H,9-12H2,(H,23,26)(H,25,29);3-9,11-13H,10H2,1-2H3,(H,22,25)(H,24,26). The highest BCUT2D eigenvalue weighted by Gasteiger charge is 2.24. The second kappa shape index (κ2) is 14.8. The van der Waals surface area contributed by atoms with E-state index in [1.165, 1.54) is 0 Å². The number of aliphatic hydroxyl groups excluding tert-OH is 1. The highest BCUT2D eigenvalue weighted by molar-refractivity contribution is 5.95. The summed E-state index contributed by atoms with van der Waals surface area (Å²) in [4.78, 5) is 31.0. The molecular weight excluding hydrogens is 703 g/mol. The number of para-hydroxylation sites is 4. The maximum absolute atomic E-state index is 12.3. The van der Waals surface area contributed by atoms with Gasteiger partial charge >= 0.3 is 0 Å². The van der Waals surface area contributed by atoms with E-state index in [2.05, 4.69) is 83.0 Å². The van der Waals surface area contributed by atoms with Crippen molar-refractivity contribution in [3.8, 4) is 22.5 Å². The van der Waals surface area contributed by atoms with Crippen LogP contribution in [-0.4, -0.2) is 75.7 Å². The lowest BCUT2D eigenvalue weighted by Crippen LogP contribution is -2.25. The lowest BCUT2D eigenvalue weighted by Gasteiger charge is -2.12. The van der Waals surface area contributed by atoms with E-state index < -0.39 is 0 Å². The molecule has 1 saturated carbocycles. The van der Waals surface area contributed by atoms with E-state index in [0.717, 1.165) is 86.3 Å². The molecule has 280 valence electrons. The Morgan fingerprint density at radius 3 is 2.02 bits per heavy atom. The lowest BCUT2D eigenvalue weighted by molar-refractivity contribution is 0.0951. The van der Waals surface area contributed by atoms with Gasteiger partial charge in [-0.25, -0.2) is 19.9 Å². The first-order valence-electron chi connectivity index (χ1n) is 18.9. The van der Waals surface area contributed by atoms with Crippen molar-refractivity contribution in [1.29, 1.82) is 0 Å². The zero-order valence-corrected chi connectivity index (χ0v) is 31.1.